The van der Waals surface area contributed by atoms with E-state index in [0.717, 1.165) is 18.9 Å². The van der Waals surface area contributed by atoms with Crippen molar-refractivity contribution in [1.29, 1.82) is 0 Å². The molecule has 2 unspecified atom stereocenters. The minimum Gasteiger partial charge on any atom is -0.511 e. The first-order valence-electron chi connectivity index (χ1n) is 12.1. The van der Waals surface area contributed by atoms with Gasteiger partial charge in [-0.1, -0.05) is 40.5 Å². The molecule has 2 atom stereocenters. The van der Waals surface area contributed by atoms with Crippen molar-refractivity contribution in [3.05, 3.63) is 28.5 Å². The zero-order valence-corrected chi connectivity index (χ0v) is 21.0. The Kier molecular flexibility index (Phi) is 6.83. The average molecular weight is 475 g/mol. The Balaban J connectivity index is 2.29. The number of hydrogen-bond acceptors (Lipinski definition) is 7. The lowest BCUT2D eigenvalue weighted by atomic mass is 9.59. The van der Waals surface area contributed by atoms with Crippen molar-refractivity contribution in [2.45, 2.75) is 85.7 Å². The van der Waals surface area contributed by atoms with Gasteiger partial charge in [0, 0.05) is 29.0 Å². The van der Waals surface area contributed by atoms with Gasteiger partial charge in [-0.2, -0.15) is 0 Å². The quantitative estimate of drug-likeness (QED) is 0.361. The highest BCUT2D eigenvalue weighted by Crippen LogP contribution is 2.54. The number of phenolic OH excluding ortho intramolecular Hbond substituents is 3. The van der Waals surface area contributed by atoms with Gasteiger partial charge in [-0.15, -0.1) is 0 Å². The number of hydrogen-bond donors (Lipinski definition) is 5. The van der Waals surface area contributed by atoms with E-state index in [1.807, 2.05) is 13.8 Å². The van der Waals surface area contributed by atoms with Crippen LogP contribution in [0.25, 0.3) is 0 Å². The normalized spacial score (nSPS) is 23.5. The van der Waals surface area contributed by atoms with E-state index in [1.165, 1.54) is 0 Å². The molecule has 0 bridgehead atoms. The molecule has 188 valence electrons. The van der Waals surface area contributed by atoms with Crippen LogP contribution >= 0.6 is 0 Å². The molecular formula is C27H38O7. The highest BCUT2D eigenvalue weighted by atomic mass is 16.3. The first-order chi connectivity index (χ1) is 15.6. The van der Waals surface area contributed by atoms with E-state index in [9.17, 15) is 35.1 Å². The van der Waals surface area contributed by atoms with Crippen LogP contribution in [0, 0.1) is 22.7 Å². The van der Waals surface area contributed by atoms with Crippen LogP contribution in [0.1, 0.15) is 95.5 Å². The minimum atomic E-state index is -1.38. The van der Waals surface area contributed by atoms with Crippen LogP contribution in [-0.2, 0) is 4.79 Å². The number of ketones is 2. The van der Waals surface area contributed by atoms with Crippen molar-refractivity contribution in [2.75, 3.05) is 0 Å². The Morgan fingerprint density at radius 1 is 1.03 bits per heavy atom. The Labute approximate surface area is 201 Å². The van der Waals surface area contributed by atoms with E-state index in [0.29, 0.717) is 19.3 Å². The van der Waals surface area contributed by atoms with Gasteiger partial charge < -0.3 is 25.5 Å². The summed E-state index contributed by atoms with van der Waals surface area (Å²) in [6, 6.07) is 1.04. The molecule has 0 radical (unpaired) electrons. The van der Waals surface area contributed by atoms with E-state index in [4.69, 9.17) is 0 Å². The molecule has 0 heterocycles. The fourth-order valence-corrected chi connectivity index (χ4v) is 5.78. The second kappa shape index (κ2) is 8.91. The summed E-state index contributed by atoms with van der Waals surface area (Å²) in [4.78, 5) is 26.2. The van der Waals surface area contributed by atoms with E-state index in [1.54, 1.807) is 27.7 Å². The predicted octanol–water partition coefficient (Wildman–Crippen LogP) is 5.11. The van der Waals surface area contributed by atoms with Gasteiger partial charge in [-0.3, -0.25) is 9.59 Å². The van der Waals surface area contributed by atoms with Crippen LogP contribution in [0.15, 0.2) is 17.4 Å². The fraction of sp³-hybridized carbons (Fsp3) is 0.630. The molecule has 1 saturated carbocycles. The molecule has 2 aliphatic rings. The largest absolute Gasteiger partial charge is 0.511 e. The summed E-state index contributed by atoms with van der Waals surface area (Å²) in [7, 11) is 0. The zero-order valence-electron chi connectivity index (χ0n) is 21.0. The summed E-state index contributed by atoms with van der Waals surface area (Å²) in [6.07, 6.45) is 2.04. The Morgan fingerprint density at radius 2 is 1.59 bits per heavy atom. The van der Waals surface area contributed by atoms with E-state index < -0.39 is 40.1 Å². The number of carbonyl (C=O) groups is 2. The van der Waals surface area contributed by atoms with Crippen molar-refractivity contribution in [3.8, 4) is 17.2 Å². The summed E-state index contributed by atoms with van der Waals surface area (Å²) in [5.41, 5.74) is -2.66. The van der Waals surface area contributed by atoms with E-state index in [-0.39, 0.29) is 45.9 Å². The van der Waals surface area contributed by atoms with Crippen LogP contribution in [0.5, 0.6) is 17.2 Å². The molecule has 7 heteroatoms. The third-order valence-corrected chi connectivity index (χ3v) is 7.70. The zero-order chi connectivity index (χ0) is 25.7. The van der Waals surface area contributed by atoms with E-state index >= 15 is 0 Å². The SMILES string of the molecule is CC(C)CC(C1=C(O)C(C)(C)C(=O)C(C)(C)C1O)c1c(O)cc(O)c(C(=O)C2CCCC2)c1O. The maximum Gasteiger partial charge on any atom is 0.173 e. The molecule has 0 aromatic heterocycles. The second-order valence-corrected chi connectivity index (χ2v) is 11.5. The summed E-state index contributed by atoms with van der Waals surface area (Å²) in [6.45, 7) is 10.2. The van der Waals surface area contributed by atoms with Gasteiger partial charge in [-0.25, -0.2) is 0 Å². The lowest BCUT2D eigenvalue weighted by Gasteiger charge is -2.45. The molecule has 7 nitrogen and oxygen atoms in total. The molecule has 1 aromatic rings. The molecule has 0 amide bonds. The molecule has 1 aromatic carbocycles. The van der Waals surface area contributed by atoms with Gasteiger partial charge in [0.25, 0.3) is 0 Å². The third-order valence-electron chi connectivity index (χ3n) is 7.70. The number of rotatable bonds is 6. The van der Waals surface area contributed by atoms with E-state index in [2.05, 4.69) is 0 Å². The maximum atomic E-state index is 13.2. The summed E-state index contributed by atoms with van der Waals surface area (Å²) in [5, 5.41) is 55.2. The number of Topliss-reactive ketones (excluding diaryl/α,β-unsaturated/α-hetero) is 2. The van der Waals surface area contributed by atoms with Crippen molar-refractivity contribution < 1.29 is 35.1 Å². The number of benzene rings is 1. The Morgan fingerprint density at radius 3 is 2.12 bits per heavy atom. The number of aromatic hydroxyl groups is 3. The van der Waals surface area contributed by atoms with Crippen LogP contribution < -0.4 is 0 Å². The lowest BCUT2D eigenvalue weighted by molar-refractivity contribution is -0.143. The third kappa shape index (κ3) is 4.08. The summed E-state index contributed by atoms with van der Waals surface area (Å²) in [5.74, 6) is -3.70. The number of aliphatic hydroxyl groups excluding tert-OH is 2. The van der Waals surface area contributed by atoms with Gasteiger partial charge in [0.2, 0.25) is 0 Å². The molecule has 34 heavy (non-hydrogen) atoms. The minimum absolute atomic E-state index is 0.00272. The topological polar surface area (TPSA) is 135 Å². The Bertz CT molecular complexity index is 1030. The molecule has 0 aliphatic heterocycles. The van der Waals surface area contributed by atoms with Crippen LogP contribution in [-0.4, -0.2) is 43.2 Å². The van der Waals surface area contributed by atoms with Gasteiger partial charge >= 0.3 is 0 Å². The Hall–Kier alpha value is -2.54. The fourth-order valence-electron chi connectivity index (χ4n) is 5.78. The van der Waals surface area contributed by atoms with Gasteiger partial charge in [-0.05, 0) is 39.0 Å². The van der Waals surface area contributed by atoms with Gasteiger partial charge in [0.1, 0.15) is 28.6 Å². The molecule has 5 N–H and O–H groups in total. The highest BCUT2D eigenvalue weighted by molar-refractivity contribution is 6.03. The first-order valence-corrected chi connectivity index (χ1v) is 12.1. The van der Waals surface area contributed by atoms with Crippen molar-refractivity contribution in [2.24, 2.45) is 22.7 Å². The standard InChI is InChI=1S/C27H38O7/c1-13(2)11-15(19-23(32)26(3,4)25(34)27(5,6)24(19)33)18-16(28)12-17(29)20(22(18)31)21(30)14-9-7-8-10-14/h12-15,23,28-29,31-33H,7-11H2,1-6H3. The first kappa shape index (κ1) is 26.1. The van der Waals surface area contributed by atoms with Crippen molar-refractivity contribution >= 4 is 11.6 Å². The second-order valence-electron chi connectivity index (χ2n) is 11.5. The van der Waals surface area contributed by atoms with Gasteiger partial charge in [0.05, 0.1) is 16.9 Å². The highest BCUT2D eigenvalue weighted by Gasteiger charge is 2.54. The number of phenols is 3. The molecule has 1 fully saturated rings. The van der Waals surface area contributed by atoms with Crippen LogP contribution in [0.3, 0.4) is 0 Å². The van der Waals surface area contributed by atoms with Gasteiger partial charge in [0.15, 0.2) is 11.6 Å². The van der Waals surface area contributed by atoms with Crippen LogP contribution in [0.4, 0.5) is 0 Å². The maximum absolute atomic E-state index is 13.2. The predicted molar refractivity (Wildman–Crippen MR) is 128 cm³/mol. The number of aliphatic hydroxyl groups is 2. The molecule has 2 aliphatic carbocycles. The van der Waals surface area contributed by atoms with Crippen LogP contribution in [0.2, 0.25) is 0 Å². The molecular weight excluding hydrogens is 436 g/mol. The number of allylic oxidation sites excluding steroid dienone is 1. The molecule has 0 spiro atoms. The smallest absolute Gasteiger partial charge is 0.173 e. The lowest BCUT2D eigenvalue weighted by Crippen LogP contribution is -2.52. The van der Waals surface area contributed by atoms with Crippen molar-refractivity contribution in [3.63, 3.8) is 0 Å². The molecule has 0 saturated heterocycles. The summed E-state index contributed by atoms with van der Waals surface area (Å²) >= 11 is 0. The van der Waals surface area contributed by atoms with Crippen molar-refractivity contribution in [1.82, 2.24) is 0 Å². The monoisotopic (exact) mass is 474 g/mol. The summed E-state index contributed by atoms with van der Waals surface area (Å²) < 4.78 is 0. The molecule has 3 rings (SSSR count). The number of carbonyl (C=O) groups excluding carboxylic acids is 2. The average Bonchev–Trinajstić information content (AvgIpc) is 3.26.